The van der Waals surface area contributed by atoms with E-state index < -0.39 is 0 Å². The van der Waals surface area contributed by atoms with Crippen LogP contribution in [0.25, 0.3) is 0 Å². The van der Waals surface area contributed by atoms with Crippen molar-refractivity contribution < 1.29 is 4.48 Å². The molecule has 0 fully saturated rings. The fraction of sp³-hybridized carbons (Fsp3) is 0.978. The first-order valence-corrected chi connectivity index (χ1v) is 23.6. The molecular formula is C45H94N2S2. The topological polar surface area (TPSA) is 3.24 Å². The van der Waals surface area contributed by atoms with Gasteiger partial charge in [0.25, 0.3) is 0 Å². The van der Waals surface area contributed by atoms with Crippen LogP contribution in [0.1, 0.15) is 247 Å². The molecule has 0 aliphatic heterocycles. The third-order valence-corrected chi connectivity index (χ3v) is 11.3. The summed E-state index contributed by atoms with van der Waals surface area (Å²) < 4.78 is 2.14. The molecular weight excluding hydrogens is 633 g/mol. The number of nitrogens with zero attached hydrogens (tertiary/aromatic N) is 2. The first kappa shape index (κ1) is 51.2. The van der Waals surface area contributed by atoms with Gasteiger partial charge in [-0.15, -0.1) is 0 Å². The molecule has 0 bridgehead atoms. The summed E-state index contributed by atoms with van der Waals surface area (Å²) in [5.74, 6) is 0. The van der Waals surface area contributed by atoms with E-state index in [1.54, 1.807) is 0 Å². The highest BCUT2D eigenvalue weighted by molar-refractivity contribution is 8.00. The van der Waals surface area contributed by atoms with Gasteiger partial charge in [-0.3, -0.25) is 0 Å². The molecule has 0 aromatic rings. The van der Waals surface area contributed by atoms with Crippen molar-refractivity contribution in [3.63, 3.8) is 0 Å². The summed E-state index contributed by atoms with van der Waals surface area (Å²) in [5.41, 5.74) is 0. The SMILES string of the molecule is CCCCCCCC[N+](CCCCCCCC)(CCCCCCCC)CCCCCCCC.CCCCCCN(CCCCCC)C(=S)[S-]. The van der Waals surface area contributed by atoms with E-state index in [0.717, 1.165) is 13.1 Å². The van der Waals surface area contributed by atoms with Crippen LogP contribution in [-0.4, -0.2) is 53.0 Å². The van der Waals surface area contributed by atoms with Gasteiger partial charge in [0.15, 0.2) is 0 Å². The molecule has 0 aromatic carbocycles. The van der Waals surface area contributed by atoms with E-state index in [9.17, 15) is 0 Å². The van der Waals surface area contributed by atoms with Crippen LogP contribution < -0.4 is 0 Å². The zero-order valence-corrected chi connectivity index (χ0v) is 36.7. The van der Waals surface area contributed by atoms with Crippen LogP contribution >= 0.6 is 12.2 Å². The van der Waals surface area contributed by atoms with Crippen molar-refractivity contribution in [2.75, 3.05) is 39.3 Å². The quantitative estimate of drug-likeness (QED) is 0.0270. The largest absolute Gasteiger partial charge is 0.411 e. The molecule has 2 nitrogen and oxygen atoms in total. The molecule has 0 N–H and O–H groups in total. The Labute approximate surface area is 323 Å². The number of unbranched alkanes of at least 4 members (excludes halogenated alkanes) is 26. The summed E-state index contributed by atoms with van der Waals surface area (Å²) in [6.45, 7) is 21.9. The van der Waals surface area contributed by atoms with E-state index in [4.69, 9.17) is 24.8 Å². The first-order valence-electron chi connectivity index (χ1n) is 22.8. The minimum Gasteiger partial charge on any atom is -0.411 e. The fourth-order valence-electron chi connectivity index (χ4n) is 7.33. The predicted octanol–water partition coefficient (Wildman–Crippen LogP) is 15.5. The monoisotopic (exact) mass is 727 g/mol. The zero-order valence-electron chi connectivity index (χ0n) is 35.1. The Balaban J connectivity index is 0. The average Bonchev–Trinajstić information content (AvgIpc) is 3.10. The number of thiocarbonyl (C=S) groups is 1. The van der Waals surface area contributed by atoms with E-state index in [0.29, 0.717) is 4.32 Å². The molecule has 0 aliphatic rings. The van der Waals surface area contributed by atoms with Gasteiger partial charge in [0, 0.05) is 13.1 Å². The molecule has 0 aliphatic carbocycles. The molecule has 0 spiro atoms. The van der Waals surface area contributed by atoms with E-state index in [-0.39, 0.29) is 0 Å². The Bertz CT molecular complexity index is 544. The van der Waals surface area contributed by atoms with Crippen molar-refractivity contribution >= 4 is 29.2 Å². The van der Waals surface area contributed by atoms with Crippen LogP contribution in [0.2, 0.25) is 0 Å². The highest BCUT2D eigenvalue weighted by Crippen LogP contribution is 2.21. The molecule has 0 unspecified atom stereocenters. The summed E-state index contributed by atoms with van der Waals surface area (Å²) in [5, 5.41) is 0. The molecule has 0 heterocycles. The van der Waals surface area contributed by atoms with Gasteiger partial charge < -0.3 is 34.2 Å². The maximum atomic E-state index is 5.11. The molecule has 296 valence electrons. The van der Waals surface area contributed by atoms with E-state index in [2.05, 4.69) is 46.4 Å². The van der Waals surface area contributed by atoms with E-state index in [1.807, 2.05) is 0 Å². The normalized spacial score (nSPS) is 11.5. The summed E-state index contributed by atoms with van der Waals surface area (Å²) in [7, 11) is 0. The second-order valence-corrected chi connectivity index (χ2v) is 16.7. The molecule has 0 rings (SSSR count). The van der Waals surface area contributed by atoms with Gasteiger partial charge in [-0.25, -0.2) is 0 Å². The minimum atomic E-state index is 0.660. The number of rotatable bonds is 38. The fourth-order valence-corrected chi connectivity index (χ4v) is 7.70. The van der Waals surface area contributed by atoms with Gasteiger partial charge in [-0.1, -0.05) is 187 Å². The molecule has 49 heavy (non-hydrogen) atoms. The number of quaternary nitrogens is 1. The Morgan fingerprint density at radius 2 is 0.551 bits per heavy atom. The molecule has 0 amide bonds. The Kier molecular flexibility index (Phi) is 44.4. The van der Waals surface area contributed by atoms with Crippen LogP contribution in [0.4, 0.5) is 0 Å². The number of hydrogen-bond acceptors (Lipinski definition) is 2. The van der Waals surface area contributed by atoms with Crippen LogP contribution in [0, 0.1) is 0 Å². The van der Waals surface area contributed by atoms with Gasteiger partial charge in [-0.05, 0) is 64.2 Å². The smallest absolute Gasteiger partial charge is 0.0786 e. The van der Waals surface area contributed by atoms with Crippen LogP contribution in [-0.2, 0) is 12.6 Å². The van der Waals surface area contributed by atoms with Crippen molar-refractivity contribution in [2.45, 2.75) is 247 Å². The van der Waals surface area contributed by atoms with Gasteiger partial charge in [0.1, 0.15) is 0 Å². The van der Waals surface area contributed by atoms with E-state index in [1.165, 1.54) is 236 Å². The van der Waals surface area contributed by atoms with Crippen LogP contribution in [0.15, 0.2) is 0 Å². The summed E-state index contributed by atoms with van der Waals surface area (Å²) in [6.07, 6.45) is 45.1. The van der Waals surface area contributed by atoms with Crippen LogP contribution in [0.3, 0.4) is 0 Å². The summed E-state index contributed by atoms with van der Waals surface area (Å²) >= 11 is 10.2. The van der Waals surface area contributed by atoms with Gasteiger partial charge in [0.05, 0.1) is 26.2 Å². The maximum Gasteiger partial charge on any atom is 0.0786 e. The first-order chi connectivity index (χ1) is 24.0. The highest BCUT2D eigenvalue weighted by Gasteiger charge is 2.25. The molecule has 0 saturated heterocycles. The van der Waals surface area contributed by atoms with Crippen molar-refractivity contribution in [3.05, 3.63) is 0 Å². The second-order valence-electron chi connectivity index (χ2n) is 15.7. The molecule has 4 heteroatoms. The molecule has 0 atom stereocenters. The Hall–Kier alpha value is 0.0700. The standard InChI is InChI=1S/C32H68N.C13H27NS2/c1-5-9-13-17-21-25-29-33(30-26-22-18-14-10-6-2,31-27-23-19-15-11-7-3)32-28-24-20-16-12-8-4;1-3-5-7-9-11-14(13(15)16)12-10-8-6-4-2/h5-32H2,1-4H3;3-12H2,1-2H3,(H,15,16)/q+1;/p-1. The van der Waals surface area contributed by atoms with Crippen molar-refractivity contribution in [1.82, 2.24) is 4.90 Å². The van der Waals surface area contributed by atoms with Gasteiger partial charge in [-0.2, -0.15) is 0 Å². The highest BCUT2D eigenvalue weighted by atomic mass is 32.1. The lowest BCUT2D eigenvalue weighted by molar-refractivity contribution is -0.929. The third-order valence-electron chi connectivity index (χ3n) is 10.8. The average molecular weight is 727 g/mol. The molecule has 0 radical (unpaired) electrons. The molecule has 0 saturated carbocycles. The predicted molar refractivity (Wildman–Crippen MR) is 233 cm³/mol. The lowest BCUT2D eigenvalue weighted by Crippen LogP contribution is -2.50. The third kappa shape index (κ3) is 37.6. The lowest BCUT2D eigenvalue weighted by Gasteiger charge is -2.40. The van der Waals surface area contributed by atoms with Gasteiger partial charge >= 0.3 is 0 Å². The molecule has 0 aromatic heterocycles. The van der Waals surface area contributed by atoms with Gasteiger partial charge in [0.2, 0.25) is 0 Å². The lowest BCUT2D eigenvalue weighted by atomic mass is 10.0. The maximum absolute atomic E-state index is 5.11. The van der Waals surface area contributed by atoms with Crippen LogP contribution in [0.5, 0.6) is 0 Å². The van der Waals surface area contributed by atoms with E-state index >= 15 is 0 Å². The minimum absolute atomic E-state index is 0.660. The summed E-state index contributed by atoms with van der Waals surface area (Å²) in [4.78, 5) is 2.20. The zero-order chi connectivity index (χ0) is 36.5. The number of hydrogen-bond donors (Lipinski definition) is 0. The van der Waals surface area contributed by atoms with Crippen molar-refractivity contribution in [3.8, 4) is 0 Å². The Morgan fingerprint density at radius 3 is 0.776 bits per heavy atom. The Morgan fingerprint density at radius 1 is 0.347 bits per heavy atom. The van der Waals surface area contributed by atoms with Crippen molar-refractivity contribution in [2.24, 2.45) is 0 Å². The second kappa shape index (κ2) is 42.5. The van der Waals surface area contributed by atoms with Crippen molar-refractivity contribution in [1.29, 1.82) is 0 Å². The summed E-state index contributed by atoms with van der Waals surface area (Å²) in [6, 6.07) is 0.